The van der Waals surface area contributed by atoms with Gasteiger partial charge in [0.25, 0.3) is 0 Å². The molecule has 4 heteroatoms. The SMILES string of the molecule is CC.Cc1cccc(Nc2ccc(C3=NC(C)ON3)cc2C)c1. The molecule has 0 saturated heterocycles. The van der Waals surface area contributed by atoms with Crippen molar-refractivity contribution in [2.75, 3.05) is 5.32 Å². The minimum Gasteiger partial charge on any atom is -0.355 e. The van der Waals surface area contributed by atoms with Crippen molar-refractivity contribution >= 4 is 17.2 Å². The predicted octanol–water partition coefficient (Wildman–Crippen LogP) is 4.70. The molecule has 0 aliphatic carbocycles. The summed E-state index contributed by atoms with van der Waals surface area (Å²) in [5, 5.41) is 3.45. The van der Waals surface area contributed by atoms with Gasteiger partial charge in [0.15, 0.2) is 12.1 Å². The van der Waals surface area contributed by atoms with E-state index < -0.39 is 0 Å². The molecule has 1 aliphatic heterocycles. The smallest absolute Gasteiger partial charge is 0.174 e. The van der Waals surface area contributed by atoms with Crippen molar-refractivity contribution in [3.63, 3.8) is 0 Å². The number of aliphatic imine (C=N–C) groups is 1. The molecule has 0 bridgehead atoms. The van der Waals surface area contributed by atoms with Gasteiger partial charge < -0.3 is 5.32 Å². The van der Waals surface area contributed by atoms with E-state index in [4.69, 9.17) is 4.84 Å². The Morgan fingerprint density at radius 1 is 1.09 bits per heavy atom. The summed E-state index contributed by atoms with van der Waals surface area (Å²) in [4.78, 5) is 9.62. The third-order valence-corrected chi connectivity index (χ3v) is 3.43. The average Bonchev–Trinajstić information content (AvgIpc) is 2.98. The Morgan fingerprint density at radius 3 is 2.48 bits per heavy atom. The number of rotatable bonds is 3. The standard InChI is InChI=1S/C17H19N3O.C2H6/c1-11-5-4-6-15(9-11)19-16-8-7-14(10-12(16)2)17-18-13(3)21-20-17;1-2/h4-10,13,19H,1-3H3,(H,18,20);1-2H3. The van der Waals surface area contributed by atoms with Crippen LogP contribution in [0.1, 0.15) is 37.5 Å². The second kappa shape index (κ2) is 7.79. The third-order valence-electron chi connectivity index (χ3n) is 3.43. The number of hydroxylamine groups is 1. The second-order valence-electron chi connectivity index (χ2n) is 5.32. The fraction of sp³-hybridized carbons (Fsp3) is 0.316. The summed E-state index contributed by atoms with van der Waals surface area (Å²) in [7, 11) is 0. The van der Waals surface area contributed by atoms with Crippen molar-refractivity contribution in [3.05, 3.63) is 59.2 Å². The van der Waals surface area contributed by atoms with Crippen LogP contribution in [0.4, 0.5) is 11.4 Å². The van der Waals surface area contributed by atoms with Gasteiger partial charge in [0.1, 0.15) is 0 Å². The highest BCUT2D eigenvalue weighted by molar-refractivity contribution is 5.99. The van der Waals surface area contributed by atoms with Gasteiger partial charge in [0.2, 0.25) is 0 Å². The molecule has 3 rings (SSSR count). The maximum absolute atomic E-state index is 5.23. The molecule has 122 valence electrons. The Bertz CT molecular complexity index is 695. The summed E-state index contributed by atoms with van der Waals surface area (Å²) in [6, 6.07) is 14.6. The van der Waals surface area contributed by atoms with Gasteiger partial charge in [0.05, 0.1) is 0 Å². The van der Waals surface area contributed by atoms with Gasteiger partial charge in [-0.25, -0.2) is 15.3 Å². The van der Waals surface area contributed by atoms with E-state index in [0.717, 1.165) is 28.3 Å². The molecular weight excluding hydrogens is 286 g/mol. The van der Waals surface area contributed by atoms with Gasteiger partial charge in [0, 0.05) is 16.9 Å². The number of nitrogens with zero attached hydrogens (tertiary/aromatic N) is 1. The molecule has 0 fully saturated rings. The monoisotopic (exact) mass is 311 g/mol. The molecule has 23 heavy (non-hydrogen) atoms. The first-order chi connectivity index (χ1) is 11.1. The van der Waals surface area contributed by atoms with Gasteiger partial charge in [-0.15, -0.1) is 0 Å². The van der Waals surface area contributed by atoms with Crippen molar-refractivity contribution in [2.45, 2.75) is 40.8 Å². The third kappa shape index (κ3) is 4.33. The normalized spacial score (nSPS) is 16.0. The number of hydrogen-bond donors (Lipinski definition) is 2. The summed E-state index contributed by atoms with van der Waals surface area (Å²) in [6.45, 7) is 10.1. The molecule has 1 unspecified atom stereocenters. The minimum atomic E-state index is -0.134. The molecular formula is C19H25N3O. The van der Waals surface area contributed by atoms with Crippen LogP contribution in [-0.4, -0.2) is 12.1 Å². The summed E-state index contributed by atoms with van der Waals surface area (Å²) in [5.41, 5.74) is 8.49. The average molecular weight is 311 g/mol. The zero-order valence-electron chi connectivity index (χ0n) is 14.5. The fourth-order valence-corrected chi connectivity index (χ4v) is 2.34. The number of hydrogen-bond acceptors (Lipinski definition) is 4. The van der Waals surface area contributed by atoms with Gasteiger partial charge in [-0.1, -0.05) is 26.0 Å². The number of aryl methyl sites for hydroxylation is 2. The van der Waals surface area contributed by atoms with Crippen LogP contribution in [0.15, 0.2) is 47.5 Å². The van der Waals surface area contributed by atoms with Gasteiger partial charge >= 0.3 is 0 Å². The van der Waals surface area contributed by atoms with Crippen LogP contribution < -0.4 is 10.8 Å². The van der Waals surface area contributed by atoms with E-state index in [2.05, 4.69) is 66.0 Å². The molecule has 2 N–H and O–H groups in total. The number of amidine groups is 1. The van der Waals surface area contributed by atoms with Crippen LogP contribution in [0.2, 0.25) is 0 Å². The predicted molar refractivity (Wildman–Crippen MR) is 97.2 cm³/mol. The number of benzene rings is 2. The molecule has 2 aromatic carbocycles. The molecule has 1 aliphatic rings. The van der Waals surface area contributed by atoms with E-state index in [1.165, 1.54) is 5.56 Å². The molecule has 4 nitrogen and oxygen atoms in total. The molecule has 0 radical (unpaired) electrons. The summed E-state index contributed by atoms with van der Waals surface area (Å²) < 4.78 is 0. The first-order valence-electron chi connectivity index (χ1n) is 8.06. The van der Waals surface area contributed by atoms with Crippen molar-refractivity contribution in [2.24, 2.45) is 4.99 Å². The van der Waals surface area contributed by atoms with Crippen molar-refractivity contribution < 1.29 is 4.84 Å². The maximum Gasteiger partial charge on any atom is 0.174 e. The molecule has 0 saturated carbocycles. The van der Waals surface area contributed by atoms with E-state index in [0.29, 0.717) is 0 Å². The minimum absolute atomic E-state index is 0.134. The lowest BCUT2D eigenvalue weighted by atomic mass is 10.1. The van der Waals surface area contributed by atoms with Crippen LogP contribution in [-0.2, 0) is 4.84 Å². The Kier molecular flexibility index (Phi) is 5.77. The second-order valence-corrected chi connectivity index (χ2v) is 5.32. The lowest BCUT2D eigenvalue weighted by Crippen LogP contribution is -2.18. The van der Waals surface area contributed by atoms with E-state index in [1.807, 2.05) is 26.8 Å². The maximum atomic E-state index is 5.23. The van der Waals surface area contributed by atoms with Crippen molar-refractivity contribution in [3.8, 4) is 0 Å². The molecule has 0 aromatic heterocycles. The highest BCUT2D eigenvalue weighted by Crippen LogP contribution is 2.23. The highest BCUT2D eigenvalue weighted by atomic mass is 16.7. The van der Waals surface area contributed by atoms with Crippen LogP contribution in [0, 0.1) is 13.8 Å². The first kappa shape index (κ1) is 17.0. The topological polar surface area (TPSA) is 45.7 Å². The molecule has 1 atom stereocenters. The summed E-state index contributed by atoms with van der Waals surface area (Å²) in [5.74, 6) is 0.785. The Balaban J connectivity index is 0.000000924. The first-order valence-corrected chi connectivity index (χ1v) is 8.06. The van der Waals surface area contributed by atoms with Gasteiger partial charge in [-0.2, -0.15) is 0 Å². The largest absolute Gasteiger partial charge is 0.355 e. The van der Waals surface area contributed by atoms with Crippen molar-refractivity contribution in [1.29, 1.82) is 0 Å². The van der Waals surface area contributed by atoms with E-state index in [-0.39, 0.29) is 6.23 Å². The lowest BCUT2D eigenvalue weighted by molar-refractivity contribution is 0.0504. The Morgan fingerprint density at radius 2 is 1.87 bits per heavy atom. The van der Waals surface area contributed by atoms with Gasteiger partial charge in [-0.05, 0) is 62.2 Å². The van der Waals surface area contributed by atoms with E-state index >= 15 is 0 Å². The summed E-state index contributed by atoms with van der Waals surface area (Å²) in [6.07, 6.45) is -0.134. The molecule has 0 amide bonds. The van der Waals surface area contributed by atoms with Gasteiger partial charge in [-0.3, -0.25) is 0 Å². The zero-order valence-corrected chi connectivity index (χ0v) is 14.5. The quantitative estimate of drug-likeness (QED) is 0.863. The molecule has 0 spiro atoms. The Hall–Kier alpha value is -2.33. The Labute approximate surface area is 138 Å². The van der Waals surface area contributed by atoms with Crippen LogP contribution in [0.5, 0.6) is 0 Å². The fourth-order valence-electron chi connectivity index (χ4n) is 2.34. The highest BCUT2D eigenvalue weighted by Gasteiger charge is 2.15. The van der Waals surface area contributed by atoms with Crippen molar-refractivity contribution in [1.82, 2.24) is 5.48 Å². The number of nitrogens with one attached hydrogen (secondary N) is 2. The van der Waals surface area contributed by atoms with Crippen LogP contribution >= 0.6 is 0 Å². The zero-order chi connectivity index (χ0) is 16.8. The van der Waals surface area contributed by atoms with Crippen LogP contribution in [0.25, 0.3) is 0 Å². The number of anilines is 2. The van der Waals surface area contributed by atoms with Crippen LogP contribution in [0.3, 0.4) is 0 Å². The summed E-state index contributed by atoms with van der Waals surface area (Å²) >= 11 is 0. The van der Waals surface area contributed by atoms with E-state index in [1.54, 1.807) is 0 Å². The van der Waals surface area contributed by atoms with E-state index in [9.17, 15) is 0 Å². The lowest BCUT2D eigenvalue weighted by Gasteiger charge is -2.11. The molecule has 2 aromatic rings. The molecule has 1 heterocycles.